The molecule has 1 heterocycles. The highest BCUT2D eigenvalue weighted by Gasteiger charge is 2.51. The molecule has 0 aromatic heterocycles. The highest BCUT2D eigenvalue weighted by Crippen LogP contribution is 2.42. The van der Waals surface area contributed by atoms with Crippen molar-refractivity contribution in [3.63, 3.8) is 0 Å². The van der Waals surface area contributed by atoms with Crippen molar-refractivity contribution in [2.75, 3.05) is 13.1 Å². The van der Waals surface area contributed by atoms with Gasteiger partial charge in [0.05, 0.1) is 0 Å². The molecule has 0 aromatic rings. The first-order chi connectivity index (χ1) is 5.26. The molecule has 1 spiro atoms. The quantitative estimate of drug-likeness (QED) is 0.549. The fourth-order valence-corrected chi connectivity index (χ4v) is 1.52. The molecule has 2 fully saturated rings. The number of nitrogens with zero attached hydrogens (tertiary/aromatic N) is 1. The highest BCUT2D eigenvalue weighted by molar-refractivity contribution is 5.80. The van der Waals surface area contributed by atoms with Crippen LogP contribution in [0.4, 0.5) is 0 Å². The highest BCUT2D eigenvalue weighted by atomic mass is 16.2. The largest absolute Gasteiger partial charge is 0.329 e. The molecular formula is C7H13N3O. The third kappa shape index (κ3) is 1.12. The van der Waals surface area contributed by atoms with Crippen LogP contribution in [-0.2, 0) is 4.79 Å². The van der Waals surface area contributed by atoms with Gasteiger partial charge in [-0.05, 0) is 12.8 Å². The summed E-state index contributed by atoms with van der Waals surface area (Å²) >= 11 is 0. The molecule has 1 aliphatic heterocycles. The number of hydrogen-bond acceptors (Lipinski definition) is 3. The molecule has 0 atom stereocenters. The molecule has 2 rings (SSSR count). The van der Waals surface area contributed by atoms with Gasteiger partial charge in [-0.15, -0.1) is 0 Å². The summed E-state index contributed by atoms with van der Waals surface area (Å²) in [5, 5.41) is 1.66. The maximum Gasteiger partial charge on any atom is 0.238 e. The van der Waals surface area contributed by atoms with E-state index in [1.54, 1.807) is 5.01 Å². The van der Waals surface area contributed by atoms with E-state index >= 15 is 0 Å². The molecule has 0 aromatic carbocycles. The van der Waals surface area contributed by atoms with Crippen LogP contribution in [0.3, 0.4) is 0 Å². The number of carbonyl (C=O) groups is 1. The first-order valence-electron chi connectivity index (χ1n) is 4.04. The van der Waals surface area contributed by atoms with E-state index in [2.05, 4.69) is 5.43 Å². The molecule has 2 aliphatic rings. The first kappa shape index (κ1) is 7.06. The van der Waals surface area contributed by atoms with Gasteiger partial charge in [-0.1, -0.05) is 0 Å². The molecule has 11 heavy (non-hydrogen) atoms. The molecule has 0 radical (unpaired) electrons. The molecule has 4 heteroatoms. The van der Waals surface area contributed by atoms with E-state index in [1.165, 1.54) is 0 Å². The minimum Gasteiger partial charge on any atom is -0.329 e. The predicted molar refractivity (Wildman–Crippen MR) is 40.5 cm³/mol. The fourth-order valence-electron chi connectivity index (χ4n) is 1.52. The molecule has 3 N–H and O–H groups in total. The number of nitrogens with one attached hydrogen (secondary N) is 1. The number of amides is 1. The molecule has 1 amide bonds. The Morgan fingerprint density at radius 3 is 2.82 bits per heavy atom. The summed E-state index contributed by atoms with van der Waals surface area (Å²) in [4.78, 5) is 11.2. The average Bonchev–Trinajstić information content (AvgIpc) is 2.61. The van der Waals surface area contributed by atoms with Crippen LogP contribution in [0.2, 0.25) is 0 Å². The van der Waals surface area contributed by atoms with E-state index in [-0.39, 0.29) is 11.4 Å². The molecule has 1 saturated heterocycles. The minimum atomic E-state index is 0.159. The average molecular weight is 155 g/mol. The van der Waals surface area contributed by atoms with E-state index in [0.29, 0.717) is 19.5 Å². The van der Waals surface area contributed by atoms with Crippen molar-refractivity contribution in [2.45, 2.75) is 24.8 Å². The Morgan fingerprint density at radius 2 is 2.36 bits per heavy atom. The maximum absolute atomic E-state index is 11.2. The lowest BCUT2D eigenvalue weighted by Gasteiger charge is -2.15. The van der Waals surface area contributed by atoms with E-state index in [9.17, 15) is 4.79 Å². The van der Waals surface area contributed by atoms with Gasteiger partial charge in [0.2, 0.25) is 5.91 Å². The molecule has 1 aliphatic carbocycles. The van der Waals surface area contributed by atoms with Gasteiger partial charge in [-0.2, -0.15) is 0 Å². The van der Waals surface area contributed by atoms with E-state index in [4.69, 9.17) is 5.73 Å². The molecule has 4 nitrogen and oxygen atoms in total. The standard InChI is InChI=1S/C7H13N3O/c8-3-4-10-6(11)5-7(9-10)1-2-7/h9H,1-5,8H2. The van der Waals surface area contributed by atoms with Gasteiger partial charge in [-0.25, -0.2) is 5.43 Å². The molecule has 0 unspecified atom stereocenters. The van der Waals surface area contributed by atoms with Gasteiger partial charge in [-0.3, -0.25) is 9.80 Å². The van der Waals surface area contributed by atoms with Gasteiger partial charge in [0.1, 0.15) is 0 Å². The second-order valence-corrected chi connectivity index (χ2v) is 3.40. The van der Waals surface area contributed by atoms with Crippen molar-refractivity contribution in [1.29, 1.82) is 0 Å². The molecule has 1 saturated carbocycles. The van der Waals surface area contributed by atoms with E-state index in [1.807, 2.05) is 0 Å². The molecular weight excluding hydrogens is 142 g/mol. The van der Waals surface area contributed by atoms with Crippen LogP contribution in [0, 0.1) is 0 Å². The minimum absolute atomic E-state index is 0.159. The van der Waals surface area contributed by atoms with Gasteiger partial charge in [0.15, 0.2) is 0 Å². The van der Waals surface area contributed by atoms with Crippen LogP contribution in [0.25, 0.3) is 0 Å². The zero-order valence-electron chi connectivity index (χ0n) is 6.47. The summed E-state index contributed by atoms with van der Waals surface area (Å²) in [5.41, 5.74) is 8.70. The second-order valence-electron chi connectivity index (χ2n) is 3.40. The van der Waals surface area contributed by atoms with Crippen molar-refractivity contribution in [1.82, 2.24) is 10.4 Å². The second kappa shape index (κ2) is 2.19. The Balaban J connectivity index is 1.97. The van der Waals surface area contributed by atoms with Crippen LogP contribution in [-0.4, -0.2) is 29.5 Å². The van der Waals surface area contributed by atoms with E-state index in [0.717, 1.165) is 12.8 Å². The number of carbonyl (C=O) groups excluding carboxylic acids is 1. The Hall–Kier alpha value is -0.610. The van der Waals surface area contributed by atoms with Crippen molar-refractivity contribution in [3.05, 3.63) is 0 Å². The van der Waals surface area contributed by atoms with Crippen molar-refractivity contribution < 1.29 is 4.79 Å². The molecule has 62 valence electrons. The predicted octanol–water partition coefficient (Wildman–Crippen LogP) is -0.785. The summed E-state index contributed by atoms with van der Waals surface area (Å²) in [6.45, 7) is 1.18. The number of nitrogens with two attached hydrogens (primary N) is 1. The topological polar surface area (TPSA) is 58.4 Å². The lowest BCUT2D eigenvalue weighted by Crippen LogP contribution is -2.41. The van der Waals surface area contributed by atoms with E-state index < -0.39 is 0 Å². The summed E-state index contributed by atoms with van der Waals surface area (Å²) < 4.78 is 0. The Bertz CT molecular complexity index is 188. The maximum atomic E-state index is 11.2. The monoisotopic (exact) mass is 155 g/mol. The zero-order valence-corrected chi connectivity index (χ0v) is 6.47. The Kier molecular flexibility index (Phi) is 1.40. The first-order valence-corrected chi connectivity index (χ1v) is 4.04. The van der Waals surface area contributed by atoms with Gasteiger partial charge < -0.3 is 5.73 Å². The lowest BCUT2D eigenvalue weighted by atomic mass is 10.2. The van der Waals surface area contributed by atoms with Crippen LogP contribution < -0.4 is 11.2 Å². The summed E-state index contributed by atoms with van der Waals surface area (Å²) in [6, 6.07) is 0. The molecule has 0 bridgehead atoms. The Labute approximate surface area is 65.7 Å². The van der Waals surface area contributed by atoms with Gasteiger partial charge in [0.25, 0.3) is 0 Å². The summed E-state index contributed by atoms with van der Waals surface area (Å²) in [6.07, 6.45) is 2.95. The normalized spacial score (nSPS) is 26.6. The fraction of sp³-hybridized carbons (Fsp3) is 0.857. The van der Waals surface area contributed by atoms with Crippen molar-refractivity contribution >= 4 is 5.91 Å². The third-order valence-corrected chi connectivity index (χ3v) is 2.37. The van der Waals surface area contributed by atoms with Crippen molar-refractivity contribution in [3.8, 4) is 0 Å². The van der Waals surface area contributed by atoms with Crippen LogP contribution in [0.1, 0.15) is 19.3 Å². The number of rotatable bonds is 2. The number of hydrogen-bond donors (Lipinski definition) is 2. The van der Waals surface area contributed by atoms with Gasteiger partial charge in [0, 0.05) is 25.0 Å². The Morgan fingerprint density at radius 1 is 1.64 bits per heavy atom. The summed E-state index contributed by atoms with van der Waals surface area (Å²) in [7, 11) is 0. The van der Waals surface area contributed by atoms with Crippen LogP contribution in [0.5, 0.6) is 0 Å². The summed E-state index contributed by atoms with van der Waals surface area (Å²) in [5.74, 6) is 0.202. The lowest BCUT2D eigenvalue weighted by molar-refractivity contribution is -0.129. The zero-order chi connectivity index (χ0) is 7.90. The van der Waals surface area contributed by atoms with Crippen LogP contribution in [0.15, 0.2) is 0 Å². The number of hydrazine groups is 1. The van der Waals surface area contributed by atoms with Crippen molar-refractivity contribution in [2.24, 2.45) is 5.73 Å². The third-order valence-electron chi connectivity index (χ3n) is 2.37. The van der Waals surface area contributed by atoms with Gasteiger partial charge >= 0.3 is 0 Å². The van der Waals surface area contributed by atoms with Crippen LogP contribution >= 0.6 is 0 Å². The smallest absolute Gasteiger partial charge is 0.238 e. The SMILES string of the molecule is NCCN1NC2(CC2)CC1=O.